The fourth-order valence-electron chi connectivity index (χ4n) is 2.74. The minimum atomic E-state index is 0.537. The van der Waals surface area contributed by atoms with E-state index in [0.29, 0.717) is 18.2 Å². The largest absolute Gasteiger partial charge is 0.378 e. The summed E-state index contributed by atoms with van der Waals surface area (Å²) in [7, 11) is 0. The van der Waals surface area contributed by atoms with Gasteiger partial charge in [-0.2, -0.15) is 0 Å². The quantitative estimate of drug-likeness (QED) is 0.771. The Hall–Kier alpha value is -0.120. The van der Waals surface area contributed by atoms with E-state index in [0.717, 1.165) is 13.2 Å². The molecule has 2 aliphatic heterocycles. The molecule has 2 fully saturated rings. The molecule has 0 aromatic heterocycles. The Labute approximate surface area is 99.5 Å². The van der Waals surface area contributed by atoms with Crippen molar-refractivity contribution in [2.75, 3.05) is 26.2 Å². The van der Waals surface area contributed by atoms with Gasteiger partial charge in [-0.05, 0) is 52.6 Å². The van der Waals surface area contributed by atoms with Crippen LogP contribution >= 0.6 is 0 Å². The highest BCUT2D eigenvalue weighted by Gasteiger charge is 2.24. The molecule has 1 N–H and O–H groups in total. The second-order valence-corrected chi connectivity index (χ2v) is 5.45. The first-order valence-electron chi connectivity index (χ1n) is 6.84. The van der Waals surface area contributed by atoms with Crippen LogP contribution in [0.5, 0.6) is 0 Å². The number of nitrogens with zero attached hydrogens (tertiary/aromatic N) is 1. The molecule has 2 heterocycles. The molecular weight excluding hydrogens is 200 g/mol. The summed E-state index contributed by atoms with van der Waals surface area (Å²) in [5.41, 5.74) is 0. The van der Waals surface area contributed by atoms with E-state index in [1.165, 1.54) is 38.8 Å². The number of hydrogen-bond acceptors (Lipinski definition) is 3. The van der Waals surface area contributed by atoms with E-state index in [2.05, 4.69) is 24.1 Å². The van der Waals surface area contributed by atoms with E-state index in [9.17, 15) is 0 Å². The average Bonchev–Trinajstić information content (AvgIpc) is 2.87. The number of likely N-dealkylation sites (tertiary alicyclic amines) is 1. The molecule has 3 nitrogen and oxygen atoms in total. The lowest BCUT2D eigenvalue weighted by Gasteiger charge is -2.20. The predicted molar refractivity (Wildman–Crippen MR) is 66.7 cm³/mol. The van der Waals surface area contributed by atoms with Crippen molar-refractivity contribution in [1.82, 2.24) is 10.2 Å². The molecule has 2 saturated heterocycles. The molecular formula is C13H26N2O. The van der Waals surface area contributed by atoms with Gasteiger partial charge in [0.15, 0.2) is 0 Å². The van der Waals surface area contributed by atoms with Crippen molar-refractivity contribution in [3.05, 3.63) is 0 Å². The number of ether oxygens (including phenoxy) is 1. The van der Waals surface area contributed by atoms with Crippen LogP contribution in [0.15, 0.2) is 0 Å². The zero-order valence-electron chi connectivity index (χ0n) is 10.7. The first-order chi connectivity index (χ1) is 7.75. The molecule has 94 valence electrons. The van der Waals surface area contributed by atoms with Crippen LogP contribution in [0.25, 0.3) is 0 Å². The topological polar surface area (TPSA) is 24.5 Å². The Morgan fingerprint density at radius 3 is 2.88 bits per heavy atom. The van der Waals surface area contributed by atoms with Gasteiger partial charge in [-0.1, -0.05) is 0 Å². The second kappa shape index (κ2) is 5.99. The maximum Gasteiger partial charge on any atom is 0.0588 e. The minimum absolute atomic E-state index is 0.537. The summed E-state index contributed by atoms with van der Waals surface area (Å²) in [6, 6.07) is 1.41. The third kappa shape index (κ3) is 3.44. The summed E-state index contributed by atoms with van der Waals surface area (Å²) in [6.45, 7) is 9.17. The van der Waals surface area contributed by atoms with Gasteiger partial charge >= 0.3 is 0 Å². The first kappa shape index (κ1) is 12.3. The van der Waals surface area contributed by atoms with E-state index < -0.39 is 0 Å². The summed E-state index contributed by atoms with van der Waals surface area (Å²) < 4.78 is 5.63. The van der Waals surface area contributed by atoms with Gasteiger partial charge in [0.2, 0.25) is 0 Å². The number of hydrogen-bond donors (Lipinski definition) is 1. The SMILES string of the molecule is CC(C)N1CCC(NCCC2CCCO2)C1. The monoisotopic (exact) mass is 226 g/mol. The van der Waals surface area contributed by atoms with Crippen LogP contribution in [-0.2, 0) is 4.74 Å². The second-order valence-electron chi connectivity index (χ2n) is 5.45. The van der Waals surface area contributed by atoms with Crippen molar-refractivity contribution < 1.29 is 4.74 Å². The molecule has 2 atom stereocenters. The van der Waals surface area contributed by atoms with Gasteiger partial charge < -0.3 is 10.1 Å². The van der Waals surface area contributed by atoms with Gasteiger partial charge in [0.25, 0.3) is 0 Å². The van der Waals surface area contributed by atoms with Crippen molar-refractivity contribution in [3.63, 3.8) is 0 Å². The van der Waals surface area contributed by atoms with Gasteiger partial charge in [0.05, 0.1) is 6.10 Å². The molecule has 16 heavy (non-hydrogen) atoms. The van der Waals surface area contributed by atoms with Crippen molar-refractivity contribution >= 4 is 0 Å². The fourth-order valence-corrected chi connectivity index (χ4v) is 2.74. The molecule has 0 amide bonds. The van der Waals surface area contributed by atoms with Crippen LogP contribution in [0, 0.1) is 0 Å². The minimum Gasteiger partial charge on any atom is -0.378 e. The first-order valence-corrected chi connectivity index (χ1v) is 6.84. The van der Waals surface area contributed by atoms with Gasteiger partial charge in [-0.15, -0.1) is 0 Å². The van der Waals surface area contributed by atoms with E-state index in [-0.39, 0.29) is 0 Å². The highest BCUT2D eigenvalue weighted by Crippen LogP contribution is 2.16. The zero-order chi connectivity index (χ0) is 11.4. The highest BCUT2D eigenvalue weighted by molar-refractivity contribution is 4.83. The van der Waals surface area contributed by atoms with Crippen molar-refractivity contribution in [3.8, 4) is 0 Å². The lowest BCUT2D eigenvalue weighted by molar-refractivity contribution is 0.103. The standard InChI is InChI=1S/C13H26N2O/c1-11(2)15-8-6-12(10-15)14-7-5-13-4-3-9-16-13/h11-14H,3-10H2,1-2H3. The zero-order valence-corrected chi connectivity index (χ0v) is 10.7. The predicted octanol–water partition coefficient (Wildman–Crippen LogP) is 1.63. The Morgan fingerprint density at radius 2 is 2.25 bits per heavy atom. The summed E-state index contributed by atoms with van der Waals surface area (Å²) >= 11 is 0. The van der Waals surface area contributed by atoms with Crippen molar-refractivity contribution in [2.45, 2.75) is 57.7 Å². The molecule has 0 radical (unpaired) electrons. The average molecular weight is 226 g/mol. The maximum absolute atomic E-state index is 5.63. The van der Waals surface area contributed by atoms with Crippen molar-refractivity contribution in [1.29, 1.82) is 0 Å². The van der Waals surface area contributed by atoms with Crippen LogP contribution in [0.2, 0.25) is 0 Å². The van der Waals surface area contributed by atoms with Gasteiger partial charge in [-0.3, -0.25) is 4.90 Å². The van der Waals surface area contributed by atoms with E-state index in [4.69, 9.17) is 4.74 Å². The third-order valence-electron chi connectivity index (χ3n) is 3.87. The van der Waals surface area contributed by atoms with Crippen LogP contribution in [-0.4, -0.2) is 49.3 Å². The van der Waals surface area contributed by atoms with Gasteiger partial charge in [0.1, 0.15) is 0 Å². The van der Waals surface area contributed by atoms with E-state index in [1.807, 2.05) is 0 Å². The smallest absolute Gasteiger partial charge is 0.0588 e. The van der Waals surface area contributed by atoms with Crippen LogP contribution in [0.4, 0.5) is 0 Å². The molecule has 3 heteroatoms. The molecule has 0 bridgehead atoms. The summed E-state index contributed by atoms with van der Waals surface area (Å²) in [4.78, 5) is 2.56. The molecule has 0 aromatic carbocycles. The lowest BCUT2D eigenvalue weighted by atomic mass is 10.1. The summed E-state index contributed by atoms with van der Waals surface area (Å²) in [6.07, 6.45) is 5.57. The van der Waals surface area contributed by atoms with Crippen molar-refractivity contribution in [2.24, 2.45) is 0 Å². The van der Waals surface area contributed by atoms with Crippen LogP contribution < -0.4 is 5.32 Å². The molecule has 0 aromatic rings. The molecule has 0 aliphatic carbocycles. The molecule has 2 aliphatic rings. The highest BCUT2D eigenvalue weighted by atomic mass is 16.5. The van der Waals surface area contributed by atoms with Gasteiger partial charge in [0, 0.05) is 25.2 Å². The number of rotatable bonds is 5. The van der Waals surface area contributed by atoms with Crippen LogP contribution in [0.3, 0.4) is 0 Å². The summed E-state index contributed by atoms with van der Waals surface area (Å²) in [5, 5.41) is 3.67. The number of nitrogens with one attached hydrogen (secondary N) is 1. The molecule has 2 unspecified atom stereocenters. The van der Waals surface area contributed by atoms with E-state index in [1.54, 1.807) is 0 Å². The Bertz CT molecular complexity index is 202. The third-order valence-corrected chi connectivity index (χ3v) is 3.87. The molecule has 0 spiro atoms. The molecule has 2 rings (SSSR count). The van der Waals surface area contributed by atoms with E-state index >= 15 is 0 Å². The fraction of sp³-hybridized carbons (Fsp3) is 1.00. The van der Waals surface area contributed by atoms with Gasteiger partial charge in [-0.25, -0.2) is 0 Å². The Balaban J connectivity index is 1.57. The maximum atomic E-state index is 5.63. The molecule has 0 saturated carbocycles. The normalized spacial score (nSPS) is 31.7. The summed E-state index contributed by atoms with van der Waals surface area (Å²) in [5.74, 6) is 0. The Morgan fingerprint density at radius 1 is 1.38 bits per heavy atom. The lowest BCUT2D eigenvalue weighted by Crippen LogP contribution is -2.36. The van der Waals surface area contributed by atoms with Crippen LogP contribution in [0.1, 0.15) is 39.5 Å². The Kier molecular flexibility index (Phi) is 4.62.